The van der Waals surface area contributed by atoms with Crippen LogP contribution in [0, 0.1) is 13.8 Å². The number of methoxy groups -OCH3 is 1. The Morgan fingerprint density at radius 1 is 1.24 bits per heavy atom. The minimum atomic E-state index is -0.472. The molecule has 1 aliphatic heterocycles. The molecule has 0 saturated carbocycles. The van der Waals surface area contributed by atoms with Crippen molar-refractivity contribution in [3.63, 3.8) is 0 Å². The molecule has 7 nitrogen and oxygen atoms in total. The van der Waals surface area contributed by atoms with Crippen LogP contribution in [-0.4, -0.2) is 60.4 Å². The number of morpholine rings is 1. The van der Waals surface area contributed by atoms with Crippen LogP contribution in [0.5, 0.6) is 0 Å². The van der Waals surface area contributed by atoms with E-state index in [1.165, 1.54) is 7.11 Å². The van der Waals surface area contributed by atoms with Crippen LogP contribution in [0.1, 0.15) is 21.7 Å². The maximum absolute atomic E-state index is 12.9. The number of hydrogen-bond acceptors (Lipinski definition) is 6. The Balaban J connectivity index is 1.99. The van der Waals surface area contributed by atoms with Gasteiger partial charge in [0.2, 0.25) is 0 Å². The number of carbonyl (C=O) groups is 1. The fourth-order valence-electron chi connectivity index (χ4n) is 3.30. The lowest BCUT2D eigenvalue weighted by molar-refractivity contribution is 0.0363. The lowest BCUT2D eigenvalue weighted by atomic mass is 10.0. The molecule has 2 aromatic heterocycles. The van der Waals surface area contributed by atoms with Gasteiger partial charge >= 0.3 is 5.97 Å². The molecular formula is C18H23N3O4. The zero-order valence-electron chi connectivity index (χ0n) is 14.9. The molecule has 0 unspecified atom stereocenters. The molecule has 3 rings (SSSR count). The highest BCUT2D eigenvalue weighted by molar-refractivity contribution is 6.05. The van der Waals surface area contributed by atoms with Gasteiger partial charge in [0.25, 0.3) is 5.56 Å². The highest BCUT2D eigenvalue weighted by Gasteiger charge is 2.19. The van der Waals surface area contributed by atoms with Crippen molar-refractivity contribution < 1.29 is 14.3 Å². The van der Waals surface area contributed by atoms with Crippen molar-refractivity contribution in [2.75, 3.05) is 40.0 Å². The molecule has 0 amide bonds. The third kappa shape index (κ3) is 3.43. The molecule has 2 aromatic rings. The summed E-state index contributed by atoms with van der Waals surface area (Å²) in [6.07, 6.45) is 1.75. The van der Waals surface area contributed by atoms with E-state index in [0.717, 1.165) is 32.8 Å². The zero-order chi connectivity index (χ0) is 18.0. The SMILES string of the molecule is COC(=O)c1c(C)nc(C)c2c(=O)n(CCN3CCOCC3)ccc12. The predicted molar refractivity (Wildman–Crippen MR) is 94.1 cm³/mol. The van der Waals surface area contributed by atoms with Crippen LogP contribution in [-0.2, 0) is 16.0 Å². The number of rotatable bonds is 4. The number of carbonyl (C=O) groups excluding carboxylic acids is 1. The Kier molecular flexibility index (Phi) is 5.15. The topological polar surface area (TPSA) is 73.7 Å². The summed E-state index contributed by atoms with van der Waals surface area (Å²) in [7, 11) is 1.33. The minimum Gasteiger partial charge on any atom is -0.465 e. The molecular weight excluding hydrogens is 322 g/mol. The van der Waals surface area contributed by atoms with E-state index in [4.69, 9.17) is 9.47 Å². The van der Waals surface area contributed by atoms with Crippen LogP contribution in [0.25, 0.3) is 10.8 Å². The van der Waals surface area contributed by atoms with Crippen molar-refractivity contribution in [1.82, 2.24) is 14.5 Å². The van der Waals surface area contributed by atoms with Gasteiger partial charge in [-0.1, -0.05) is 0 Å². The van der Waals surface area contributed by atoms with E-state index in [2.05, 4.69) is 9.88 Å². The molecule has 0 aromatic carbocycles. The average molecular weight is 345 g/mol. The molecule has 3 heterocycles. The summed E-state index contributed by atoms with van der Waals surface area (Å²) in [6, 6.07) is 1.81. The van der Waals surface area contributed by atoms with Crippen molar-refractivity contribution in [3.05, 3.63) is 39.6 Å². The fraction of sp³-hybridized carbons (Fsp3) is 0.500. The van der Waals surface area contributed by atoms with E-state index in [-0.39, 0.29) is 5.56 Å². The van der Waals surface area contributed by atoms with Gasteiger partial charge in [0, 0.05) is 37.8 Å². The van der Waals surface area contributed by atoms with Crippen LogP contribution in [0.4, 0.5) is 0 Å². The number of pyridine rings is 2. The summed E-state index contributed by atoms with van der Waals surface area (Å²) < 4.78 is 11.9. The first-order valence-electron chi connectivity index (χ1n) is 8.41. The summed E-state index contributed by atoms with van der Waals surface area (Å²) in [5.41, 5.74) is 1.44. The summed E-state index contributed by atoms with van der Waals surface area (Å²) >= 11 is 0. The standard InChI is InChI=1S/C18H23N3O4/c1-12-15-14(16(13(2)19-12)18(23)24-3)4-5-21(17(15)22)7-6-20-8-10-25-11-9-20/h4-5H,6-11H2,1-3H3. The first kappa shape index (κ1) is 17.6. The van der Waals surface area contributed by atoms with Gasteiger partial charge in [-0.25, -0.2) is 4.79 Å². The van der Waals surface area contributed by atoms with E-state index in [1.807, 2.05) is 6.07 Å². The van der Waals surface area contributed by atoms with Crippen LogP contribution >= 0.6 is 0 Å². The second kappa shape index (κ2) is 7.33. The molecule has 0 spiro atoms. The maximum atomic E-state index is 12.9. The quantitative estimate of drug-likeness (QED) is 0.774. The van der Waals surface area contributed by atoms with Crippen molar-refractivity contribution in [2.24, 2.45) is 0 Å². The Labute approximate surface area is 146 Å². The first-order chi connectivity index (χ1) is 12.0. The molecule has 0 N–H and O–H groups in total. The van der Waals surface area contributed by atoms with Crippen LogP contribution in [0.3, 0.4) is 0 Å². The van der Waals surface area contributed by atoms with Gasteiger partial charge in [0.1, 0.15) is 0 Å². The highest BCUT2D eigenvalue weighted by Crippen LogP contribution is 2.21. The molecule has 134 valence electrons. The average Bonchev–Trinajstić information content (AvgIpc) is 2.61. The van der Waals surface area contributed by atoms with Crippen molar-refractivity contribution in [3.8, 4) is 0 Å². The van der Waals surface area contributed by atoms with E-state index in [9.17, 15) is 9.59 Å². The molecule has 0 bridgehead atoms. The summed E-state index contributed by atoms with van der Waals surface area (Å²) in [5.74, 6) is -0.472. The zero-order valence-corrected chi connectivity index (χ0v) is 14.9. The summed E-state index contributed by atoms with van der Waals surface area (Å²) in [6.45, 7) is 8.16. The number of ether oxygens (including phenoxy) is 2. The van der Waals surface area contributed by atoms with E-state index in [1.54, 1.807) is 24.6 Å². The second-order valence-electron chi connectivity index (χ2n) is 6.21. The summed E-state index contributed by atoms with van der Waals surface area (Å²) in [4.78, 5) is 31.7. The number of aryl methyl sites for hydroxylation is 2. The predicted octanol–water partition coefficient (Wildman–Crippen LogP) is 1.13. The van der Waals surface area contributed by atoms with Gasteiger partial charge in [-0.3, -0.25) is 14.7 Å². The first-order valence-corrected chi connectivity index (χ1v) is 8.41. The van der Waals surface area contributed by atoms with Crippen molar-refractivity contribution in [2.45, 2.75) is 20.4 Å². The Bertz CT molecular complexity index is 854. The van der Waals surface area contributed by atoms with Crippen LogP contribution in [0.15, 0.2) is 17.1 Å². The Morgan fingerprint density at radius 3 is 2.64 bits per heavy atom. The molecule has 7 heteroatoms. The lowest BCUT2D eigenvalue weighted by Gasteiger charge is -2.26. The Hall–Kier alpha value is -2.25. The smallest absolute Gasteiger partial charge is 0.340 e. The van der Waals surface area contributed by atoms with E-state index < -0.39 is 5.97 Å². The monoisotopic (exact) mass is 345 g/mol. The van der Waals surface area contributed by atoms with Gasteiger partial charge in [-0.2, -0.15) is 0 Å². The molecule has 25 heavy (non-hydrogen) atoms. The third-order valence-corrected chi connectivity index (χ3v) is 4.64. The maximum Gasteiger partial charge on any atom is 0.340 e. The summed E-state index contributed by atoms with van der Waals surface area (Å²) in [5, 5.41) is 1.08. The van der Waals surface area contributed by atoms with Crippen molar-refractivity contribution in [1.29, 1.82) is 0 Å². The molecule has 0 atom stereocenters. The van der Waals surface area contributed by atoms with Crippen LogP contribution < -0.4 is 5.56 Å². The van der Waals surface area contributed by atoms with E-state index >= 15 is 0 Å². The molecule has 0 radical (unpaired) electrons. The third-order valence-electron chi connectivity index (χ3n) is 4.64. The van der Waals surface area contributed by atoms with Gasteiger partial charge in [0.05, 0.1) is 42.7 Å². The molecule has 1 fully saturated rings. The van der Waals surface area contributed by atoms with Gasteiger partial charge < -0.3 is 14.0 Å². The minimum absolute atomic E-state index is 0.124. The molecule has 0 aliphatic carbocycles. The van der Waals surface area contributed by atoms with Gasteiger partial charge in [-0.05, 0) is 19.9 Å². The Morgan fingerprint density at radius 2 is 1.96 bits per heavy atom. The fourth-order valence-corrected chi connectivity index (χ4v) is 3.30. The normalized spacial score (nSPS) is 15.5. The highest BCUT2D eigenvalue weighted by atomic mass is 16.5. The second-order valence-corrected chi connectivity index (χ2v) is 6.21. The number of hydrogen-bond donors (Lipinski definition) is 0. The van der Waals surface area contributed by atoms with E-state index in [0.29, 0.717) is 34.3 Å². The van der Waals surface area contributed by atoms with Crippen LogP contribution in [0.2, 0.25) is 0 Å². The lowest BCUT2D eigenvalue weighted by Crippen LogP contribution is -2.39. The number of fused-ring (bicyclic) bond motifs is 1. The molecule has 1 saturated heterocycles. The number of nitrogens with zero attached hydrogens (tertiary/aromatic N) is 3. The molecule has 1 aliphatic rings. The number of aromatic nitrogens is 2. The van der Waals surface area contributed by atoms with Gasteiger partial charge in [0.15, 0.2) is 0 Å². The van der Waals surface area contributed by atoms with Crippen molar-refractivity contribution >= 4 is 16.7 Å². The van der Waals surface area contributed by atoms with Gasteiger partial charge in [-0.15, -0.1) is 0 Å². The largest absolute Gasteiger partial charge is 0.465 e. The number of esters is 1.